The highest BCUT2D eigenvalue weighted by molar-refractivity contribution is 6.43. The molecule has 0 aromatic heterocycles. The van der Waals surface area contributed by atoms with Gasteiger partial charge in [-0.25, -0.2) is 10.9 Å². The summed E-state index contributed by atoms with van der Waals surface area (Å²) >= 11 is 11.8. The molecule has 5 N–H and O–H groups in total. The smallest absolute Gasteiger partial charge is 0.252 e. The van der Waals surface area contributed by atoms with E-state index in [2.05, 4.69) is 27.2 Å². The van der Waals surface area contributed by atoms with E-state index >= 15 is 0 Å². The van der Waals surface area contributed by atoms with Crippen molar-refractivity contribution in [3.8, 4) is 0 Å². The van der Waals surface area contributed by atoms with Crippen molar-refractivity contribution >= 4 is 29.1 Å². The predicted molar refractivity (Wildman–Crippen MR) is 65.1 cm³/mol. The summed E-state index contributed by atoms with van der Waals surface area (Å²) < 4.78 is 0. The molecular weight excluding hydrogens is 265 g/mol. The Bertz CT molecular complexity index is 422. The lowest BCUT2D eigenvalue weighted by Crippen LogP contribution is -2.44. The van der Waals surface area contributed by atoms with Crippen molar-refractivity contribution in [3.05, 3.63) is 33.8 Å². The number of carbonyl (C=O) groups excluding carboxylic acids is 1. The minimum Gasteiger partial charge on any atom is -0.349 e. The van der Waals surface area contributed by atoms with Gasteiger partial charge in [0, 0.05) is 6.54 Å². The van der Waals surface area contributed by atoms with E-state index in [9.17, 15) is 4.79 Å². The number of halogens is 2. The van der Waals surface area contributed by atoms with E-state index in [1.54, 1.807) is 18.2 Å². The normalized spacial score (nSPS) is 16.1. The van der Waals surface area contributed by atoms with Crippen LogP contribution in [0.3, 0.4) is 0 Å². The fraction of sp³-hybridized carbons (Fsp3) is 0.222. The maximum atomic E-state index is 11.8. The van der Waals surface area contributed by atoms with Crippen LogP contribution >= 0.6 is 23.2 Å². The van der Waals surface area contributed by atoms with Gasteiger partial charge in [0.1, 0.15) is 6.17 Å². The average Bonchev–Trinajstić information content (AvgIpc) is 2.82. The molecule has 0 spiro atoms. The Morgan fingerprint density at radius 1 is 1.29 bits per heavy atom. The van der Waals surface area contributed by atoms with E-state index in [-0.39, 0.29) is 17.1 Å². The van der Waals surface area contributed by atoms with Crippen LogP contribution in [0.4, 0.5) is 0 Å². The van der Waals surface area contributed by atoms with Gasteiger partial charge in [-0.1, -0.05) is 29.3 Å². The highest BCUT2D eigenvalue weighted by atomic mass is 35.5. The van der Waals surface area contributed by atoms with Crippen LogP contribution in [0.25, 0.3) is 0 Å². The van der Waals surface area contributed by atoms with E-state index in [4.69, 9.17) is 23.2 Å². The number of amides is 1. The van der Waals surface area contributed by atoms with Gasteiger partial charge in [-0.15, -0.1) is 0 Å². The Balaban J connectivity index is 1.97. The topological polar surface area (TPSA) is 77.2 Å². The second-order valence-corrected chi connectivity index (χ2v) is 4.19. The molecule has 0 atom stereocenters. The molecule has 0 aliphatic carbocycles. The highest BCUT2D eigenvalue weighted by Gasteiger charge is 2.16. The van der Waals surface area contributed by atoms with Crippen LogP contribution in [0.5, 0.6) is 0 Å². The third kappa shape index (κ3) is 3.06. The van der Waals surface area contributed by atoms with Crippen molar-refractivity contribution in [2.75, 3.05) is 6.54 Å². The number of nitrogens with one attached hydrogen (secondary N) is 5. The molecule has 1 aliphatic heterocycles. The van der Waals surface area contributed by atoms with Gasteiger partial charge in [0.05, 0.1) is 15.6 Å². The zero-order valence-electron chi connectivity index (χ0n) is 8.68. The molecule has 0 radical (unpaired) electrons. The predicted octanol–water partition coefficient (Wildman–Crippen LogP) is 0.166. The van der Waals surface area contributed by atoms with E-state index in [1.807, 2.05) is 0 Å². The molecule has 1 saturated heterocycles. The molecular formula is C9H11Cl2N5O. The average molecular weight is 276 g/mol. The maximum Gasteiger partial charge on any atom is 0.252 e. The molecule has 0 bridgehead atoms. The van der Waals surface area contributed by atoms with Crippen LogP contribution in [0.2, 0.25) is 10.0 Å². The Morgan fingerprint density at radius 3 is 2.71 bits per heavy atom. The number of hydrazine groups is 3. The van der Waals surface area contributed by atoms with E-state index in [0.29, 0.717) is 17.1 Å². The van der Waals surface area contributed by atoms with Gasteiger partial charge in [-0.3, -0.25) is 4.79 Å². The minimum absolute atomic E-state index is 0.100. The molecule has 1 aliphatic rings. The fourth-order valence-electron chi connectivity index (χ4n) is 1.35. The van der Waals surface area contributed by atoms with Gasteiger partial charge in [-0.05, 0) is 12.1 Å². The van der Waals surface area contributed by atoms with Crippen LogP contribution in [0, 0.1) is 0 Å². The second-order valence-electron chi connectivity index (χ2n) is 3.40. The molecule has 1 heterocycles. The van der Waals surface area contributed by atoms with Crippen molar-refractivity contribution in [1.29, 1.82) is 0 Å². The maximum absolute atomic E-state index is 11.8. The standard InChI is InChI=1S/C9H11Cl2N5O/c10-6-3-1-2-5(8(6)11)9(17)12-4-7-13-15-16-14-7/h1-3,7,13-16H,4H2,(H,12,17). The molecule has 1 fully saturated rings. The third-order valence-electron chi connectivity index (χ3n) is 2.22. The zero-order chi connectivity index (χ0) is 12.3. The van der Waals surface area contributed by atoms with Crippen LogP contribution in [0.15, 0.2) is 18.2 Å². The largest absolute Gasteiger partial charge is 0.349 e. The van der Waals surface area contributed by atoms with Gasteiger partial charge in [0.15, 0.2) is 0 Å². The highest BCUT2D eigenvalue weighted by Crippen LogP contribution is 2.25. The number of carbonyl (C=O) groups is 1. The Kier molecular flexibility index (Phi) is 4.16. The summed E-state index contributed by atoms with van der Waals surface area (Å²) in [5, 5.41) is 3.34. The van der Waals surface area contributed by atoms with E-state index in [0.717, 1.165) is 0 Å². The molecule has 0 unspecified atom stereocenters. The van der Waals surface area contributed by atoms with Crippen LogP contribution in [-0.4, -0.2) is 18.6 Å². The van der Waals surface area contributed by atoms with Crippen LogP contribution < -0.4 is 27.2 Å². The minimum atomic E-state index is -0.270. The van der Waals surface area contributed by atoms with Gasteiger partial charge in [0.2, 0.25) is 0 Å². The summed E-state index contributed by atoms with van der Waals surface area (Å²) in [6.45, 7) is 0.391. The molecule has 1 amide bonds. The summed E-state index contributed by atoms with van der Waals surface area (Å²) in [5.41, 5.74) is 11.3. The molecule has 17 heavy (non-hydrogen) atoms. The van der Waals surface area contributed by atoms with Gasteiger partial charge in [-0.2, -0.15) is 11.1 Å². The van der Waals surface area contributed by atoms with E-state index < -0.39 is 0 Å². The molecule has 92 valence electrons. The van der Waals surface area contributed by atoms with Crippen molar-refractivity contribution in [3.63, 3.8) is 0 Å². The molecule has 6 nitrogen and oxygen atoms in total. The Morgan fingerprint density at radius 2 is 2.00 bits per heavy atom. The molecule has 0 saturated carbocycles. The Labute approximate surface area is 108 Å². The SMILES string of the molecule is O=C(NCC1NNNN1)c1cccc(Cl)c1Cl. The molecule has 2 rings (SSSR count). The monoisotopic (exact) mass is 275 g/mol. The first-order valence-corrected chi connectivity index (χ1v) is 5.67. The van der Waals surface area contributed by atoms with Gasteiger partial charge < -0.3 is 5.32 Å². The summed E-state index contributed by atoms with van der Waals surface area (Å²) in [7, 11) is 0. The van der Waals surface area contributed by atoms with Crippen molar-refractivity contribution in [1.82, 2.24) is 27.2 Å². The lowest BCUT2D eigenvalue weighted by molar-refractivity contribution is 0.0949. The summed E-state index contributed by atoms with van der Waals surface area (Å²) in [6, 6.07) is 4.93. The molecule has 1 aromatic carbocycles. The fourth-order valence-corrected chi connectivity index (χ4v) is 1.74. The number of rotatable bonds is 3. The summed E-state index contributed by atoms with van der Waals surface area (Å²) in [5.74, 6) is -0.270. The summed E-state index contributed by atoms with van der Waals surface area (Å²) in [4.78, 5) is 11.8. The quantitative estimate of drug-likeness (QED) is 0.544. The first kappa shape index (κ1) is 12.6. The van der Waals surface area contributed by atoms with Crippen molar-refractivity contribution in [2.45, 2.75) is 6.17 Å². The lowest BCUT2D eigenvalue weighted by Gasteiger charge is -2.11. The molecule has 8 heteroatoms. The van der Waals surface area contributed by atoms with Crippen LogP contribution in [0.1, 0.15) is 10.4 Å². The third-order valence-corrected chi connectivity index (χ3v) is 3.04. The van der Waals surface area contributed by atoms with Gasteiger partial charge >= 0.3 is 0 Å². The Hall–Kier alpha value is -0.890. The number of hydrogen-bond donors (Lipinski definition) is 5. The van der Waals surface area contributed by atoms with Crippen molar-refractivity contribution in [2.24, 2.45) is 0 Å². The zero-order valence-corrected chi connectivity index (χ0v) is 10.2. The van der Waals surface area contributed by atoms with E-state index in [1.165, 1.54) is 0 Å². The molecule has 1 aromatic rings. The van der Waals surface area contributed by atoms with Crippen molar-refractivity contribution < 1.29 is 4.79 Å². The second kappa shape index (κ2) is 5.63. The van der Waals surface area contributed by atoms with Crippen LogP contribution in [-0.2, 0) is 0 Å². The lowest BCUT2D eigenvalue weighted by atomic mass is 10.2. The summed E-state index contributed by atoms with van der Waals surface area (Å²) in [6.07, 6.45) is -0.100. The number of benzene rings is 1. The van der Waals surface area contributed by atoms with Gasteiger partial charge in [0.25, 0.3) is 5.91 Å². The number of hydrogen-bond acceptors (Lipinski definition) is 5. The first-order valence-electron chi connectivity index (χ1n) is 4.92. The first-order chi connectivity index (χ1) is 8.18.